The number of thiazole rings is 1. The summed E-state index contributed by atoms with van der Waals surface area (Å²) in [7, 11) is 0. The predicted octanol–water partition coefficient (Wildman–Crippen LogP) is 8.71. The molecule has 0 radical (unpaired) electrons. The molecule has 4 aliphatic carbocycles. The summed E-state index contributed by atoms with van der Waals surface area (Å²) in [6.07, 6.45) is 11.0. The first-order chi connectivity index (χ1) is 26.0. The fourth-order valence-corrected chi connectivity index (χ4v) is 12.7. The van der Waals surface area contributed by atoms with Crippen LogP contribution < -0.4 is 10.2 Å². The van der Waals surface area contributed by atoms with Crippen LogP contribution in [0.4, 0.5) is 10.9 Å². The van der Waals surface area contributed by atoms with Gasteiger partial charge in [0, 0.05) is 48.2 Å². The van der Waals surface area contributed by atoms with Crippen LogP contribution >= 0.6 is 11.3 Å². The topological polar surface area (TPSA) is 135 Å². The number of pyridine rings is 2. The molecule has 4 fully saturated rings. The van der Waals surface area contributed by atoms with E-state index >= 15 is 0 Å². The van der Waals surface area contributed by atoms with Crippen LogP contribution in [-0.4, -0.2) is 59.5 Å². The van der Waals surface area contributed by atoms with E-state index in [0.29, 0.717) is 47.2 Å². The number of rotatable bonds is 8. The lowest BCUT2D eigenvalue weighted by molar-refractivity contribution is -0.275. The molecule has 1 aromatic carbocycles. The summed E-state index contributed by atoms with van der Waals surface area (Å²) in [4.78, 5) is 42.0. The summed E-state index contributed by atoms with van der Waals surface area (Å²) in [6.45, 7) is 15.4. The maximum Gasteiger partial charge on any atom is 0.355 e. The molecule has 1 aliphatic heterocycles. The third-order valence-corrected chi connectivity index (χ3v) is 13.3. The summed E-state index contributed by atoms with van der Waals surface area (Å²) in [5, 5.41) is 18.9. The van der Waals surface area contributed by atoms with Crippen molar-refractivity contribution in [3.8, 4) is 11.1 Å². The molecule has 11 nitrogen and oxygen atoms in total. The van der Waals surface area contributed by atoms with Crippen molar-refractivity contribution in [1.82, 2.24) is 24.7 Å². The molecule has 2 N–H and O–H groups in total. The molecular formula is C43H49N7O4S. The number of aromatic nitrogens is 5. The molecule has 4 saturated carbocycles. The molecule has 12 heteroatoms. The average Bonchev–Trinajstić information content (AvgIpc) is 3.66. The van der Waals surface area contributed by atoms with Crippen LogP contribution in [0.5, 0.6) is 0 Å². The normalized spacial score (nSPS) is 27.1. The molecule has 10 rings (SSSR count). The molecule has 0 saturated heterocycles. The first-order valence-corrected chi connectivity index (χ1v) is 20.2. The van der Waals surface area contributed by atoms with Crippen LogP contribution in [-0.2, 0) is 24.2 Å². The summed E-state index contributed by atoms with van der Waals surface area (Å²) in [6, 6.07) is 13.3. The zero-order chi connectivity index (χ0) is 38.5. The van der Waals surface area contributed by atoms with Crippen LogP contribution in [0.2, 0.25) is 0 Å². The molecule has 1 amide bonds. The van der Waals surface area contributed by atoms with Gasteiger partial charge in [-0.05, 0) is 130 Å². The molecule has 286 valence electrons. The summed E-state index contributed by atoms with van der Waals surface area (Å²) in [5.74, 6) is -0.771. The second-order valence-corrected chi connectivity index (χ2v) is 19.7. The lowest BCUT2D eigenvalue weighted by Crippen LogP contribution is -2.65. The van der Waals surface area contributed by atoms with Crippen LogP contribution in [0.1, 0.15) is 111 Å². The number of amides is 1. The molecule has 55 heavy (non-hydrogen) atoms. The number of benzene rings is 1. The first kappa shape index (κ1) is 36.0. The zero-order valence-corrected chi connectivity index (χ0v) is 33.3. The molecule has 4 aromatic heterocycles. The Bertz CT molecular complexity index is 2320. The highest BCUT2D eigenvalue weighted by atomic mass is 32.1. The fourth-order valence-electron chi connectivity index (χ4n) is 11.9. The van der Waals surface area contributed by atoms with Crippen molar-refractivity contribution in [3.63, 3.8) is 0 Å². The Morgan fingerprint density at radius 3 is 2.47 bits per heavy atom. The van der Waals surface area contributed by atoms with E-state index in [9.17, 15) is 14.7 Å². The largest absolute Gasteiger partial charge is 0.476 e. The Morgan fingerprint density at radius 2 is 1.75 bits per heavy atom. The molecule has 5 aliphatic rings. The minimum Gasteiger partial charge on any atom is -0.476 e. The molecule has 4 bridgehead atoms. The van der Waals surface area contributed by atoms with E-state index in [1.165, 1.54) is 17.8 Å². The van der Waals surface area contributed by atoms with Crippen LogP contribution in [0.15, 0.2) is 54.9 Å². The number of nitrogens with one attached hydrogen (secondary N) is 1. The monoisotopic (exact) mass is 759 g/mol. The molecule has 2 unspecified atom stereocenters. The van der Waals surface area contributed by atoms with Gasteiger partial charge in [0.1, 0.15) is 5.82 Å². The van der Waals surface area contributed by atoms with E-state index in [1.54, 1.807) is 6.20 Å². The van der Waals surface area contributed by atoms with Crippen molar-refractivity contribution in [2.24, 2.45) is 16.2 Å². The van der Waals surface area contributed by atoms with E-state index < -0.39 is 5.97 Å². The van der Waals surface area contributed by atoms with Gasteiger partial charge >= 0.3 is 5.97 Å². The average molecular weight is 760 g/mol. The second-order valence-electron chi connectivity index (χ2n) is 18.7. The summed E-state index contributed by atoms with van der Waals surface area (Å²) >= 11 is 1.38. The number of nitrogens with zero attached hydrogens (tertiary/aromatic N) is 6. The van der Waals surface area contributed by atoms with Gasteiger partial charge in [-0.3, -0.25) is 14.8 Å². The Labute approximate surface area is 325 Å². The SMILES string of the molecule is Cc1c(-c2ccc(N3CCc4cccc(C(=O)Nc5nc6ncccc6s5)c4C3)nc2C(=O)O)cnn1CC12CC3(C)CC(C)(C1)CC(OC(C)(C)C)(C3)C2. The number of ether oxygens (including phenoxy) is 1. The first-order valence-electron chi connectivity index (χ1n) is 19.4. The molecule has 5 aromatic rings. The number of carboxylic acid groups (broad SMARTS) is 1. The quantitative estimate of drug-likeness (QED) is 0.159. The van der Waals surface area contributed by atoms with Gasteiger partial charge in [-0.1, -0.05) is 37.3 Å². The van der Waals surface area contributed by atoms with Crippen molar-refractivity contribution in [2.75, 3.05) is 16.8 Å². The highest BCUT2D eigenvalue weighted by Gasteiger charge is 2.66. The third kappa shape index (κ3) is 6.50. The van der Waals surface area contributed by atoms with Crippen molar-refractivity contribution >= 4 is 44.5 Å². The van der Waals surface area contributed by atoms with Gasteiger partial charge in [0.15, 0.2) is 16.5 Å². The minimum atomic E-state index is -1.09. The van der Waals surface area contributed by atoms with E-state index in [1.807, 2.05) is 55.6 Å². The van der Waals surface area contributed by atoms with Gasteiger partial charge < -0.3 is 14.7 Å². The number of aromatic carboxylic acids is 1. The molecule has 0 spiro atoms. The second kappa shape index (κ2) is 12.4. The molecule has 2 atom stereocenters. The van der Waals surface area contributed by atoms with Gasteiger partial charge in [-0.2, -0.15) is 10.1 Å². The maximum absolute atomic E-state index is 13.6. The minimum absolute atomic E-state index is 0.00576. The standard InChI is InChI=1S/C43H49N7O4S/c1-26-30(17-45-50(26)25-42-20-40(5)19-41(6,21-42)23-43(22-40,24-42)54-39(2,3)4)28-12-13-33(46-34(28)37(52)53)49-16-14-27-9-7-10-29(31(27)18-49)36(51)48-38-47-35-32(55-38)11-8-15-44-35/h7-13,15,17H,14,16,18-25H2,1-6H3,(H,52,53)(H,44,47,48,51). The number of fused-ring (bicyclic) bond motifs is 2. The highest BCUT2D eigenvalue weighted by molar-refractivity contribution is 7.22. The zero-order valence-electron chi connectivity index (χ0n) is 32.5. The number of hydrogen-bond donors (Lipinski definition) is 2. The van der Waals surface area contributed by atoms with Crippen molar-refractivity contribution < 1.29 is 19.4 Å². The van der Waals surface area contributed by atoms with Gasteiger partial charge in [-0.15, -0.1) is 0 Å². The number of carbonyl (C=O) groups excluding carboxylic acids is 1. The highest BCUT2D eigenvalue weighted by Crippen LogP contribution is 2.72. The van der Waals surface area contributed by atoms with E-state index in [4.69, 9.17) is 14.8 Å². The number of anilines is 2. The van der Waals surface area contributed by atoms with Crippen LogP contribution in [0.25, 0.3) is 21.5 Å². The number of hydrogen-bond acceptors (Lipinski definition) is 9. The van der Waals surface area contributed by atoms with Crippen LogP contribution in [0.3, 0.4) is 0 Å². The van der Waals surface area contributed by atoms with E-state index in [2.05, 4.69) is 59.5 Å². The fraction of sp³-hybridized carbons (Fsp3) is 0.488. The Morgan fingerprint density at radius 1 is 0.964 bits per heavy atom. The lowest BCUT2D eigenvalue weighted by Gasteiger charge is -2.70. The van der Waals surface area contributed by atoms with Crippen LogP contribution in [0, 0.1) is 23.2 Å². The van der Waals surface area contributed by atoms with Gasteiger partial charge in [0.2, 0.25) is 0 Å². The Balaban J connectivity index is 0.974. The smallest absolute Gasteiger partial charge is 0.355 e. The van der Waals surface area contributed by atoms with Gasteiger partial charge in [-0.25, -0.2) is 14.8 Å². The maximum atomic E-state index is 13.6. The number of carbonyl (C=O) groups is 2. The van der Waals surface area contributed by atoms with E-state index in [0.717, 1.165) is 65.7 Å². The van der Waals surface area contributed by atoms with Gasteiger partial charge in [0.05, 0.1) is 22.1 Å². The lowest BCUT2D eigenvalue weighted by atomic mass is 9.39. The summed E-state index contributed by atoms with van der Waals surface area (Å²) in [5.41, 5.74) is 5.58. The van der Waals surface area contributed by atoms with E-state index in [-0.39, 0.29) is 39.0 Å². The number of carboxylic acids is 1. The predicted molar refractivity (Wildman–Crippen MR) is 214 cm³/mol. The van der Waals surface area contributed by atoms with Crippen molar-refractivity contribution in [1.29, 1.82) is 0 Å². The Kier molecular flexibility index (Phi) is 8.12. The van der Waals surface area contributed by atoms with Crippen molar-refractivity contribution in [2.45, 2.75) is 111 Å². The third-order valence-electron chi connectivity index (χ3n) is 12.4. The summed E-state index contributed by atoms with van der Waals surface area (Å²) < 4.78 is 9.99. The van der Waals surface area contributed by atoms with Crippen molar-refractivity contribution in [3.05, 3.63) is 82.9 Å². The molecule has 5 heterocycles. The Hall–Kier alpha value is -4.68. The van der Waals surface area contributed by atoms with Gasteiger partial charge in [0.25, 0.3) is 5.91 Å². The molecular weight excluding hydrogens is 711 g/mol.